The van der Waals surface area contributed by atoms with Crippen molar-refractivity contribution >= 4 is 12.0 Å². The van der Waals surface area contributed by atoms with Gasteiger partial charge in [-0.15, -0.1) is 0 Å². The van der Waals surface area contributed by atoms with E-state index in [-0.39, 0.29) is 18.0 Å². The van der Waals surface area contributed by atoms with Gasteiger partial charge in [0.15, 0.2) is 0 Å². The monoisotopic (exact) mass is 590 g/mol. The normalized spacial score (nSPS) is 16.0. The molecule has 4 heterocycles. The quantitative estimate of drug-likeness (QED) is 0.191. The Morgan fingerprint density at radius 2 is 1.61 bits per heavy atom. The number of rotatable bonds is 8. The summed E-state index contributed by atoms with van der Waals surface area (Å²) in [4.78, 5) is 48.0. The Bertz CT molecular complexity index is 1730. The summed E-state index contributed by atoms with van der Waals surface area (Å²) >= 11 is 0. The summed E-state index contributed by atoms with van der Waals surface area (Å²) in [6.45, 7) is 2.46. The standard InChI is InChI=1S/C33H34N8O3/c1-20(34)30-36-18-26(38-30)22-12-10-21(11-13-22)25-15-14-24(17-35-25)27-19-37-31(39-27)28-9-6-16-41(28)32(42)29(40-33(43)44-2)23-7-4-3-5-8-23/h3-5,7-8,10-15,17-20,28-29H,6,9,16,34H2,1-2H3,(H,36,38)(H,37,39)(H,40,43)/t20-,28-,29+/m0/s1. The zero-order chi connectivity index (χ0) is 30.6. The Labute approximate surface area is 254 Å². The van der Waals surface area contributed by atoms with Gasteiger partial charge in [-0.2, -0.15) is 0 Å². The van der Waals surface area contributed by atoms with E-state index in [1.54, 1.807) is 17.3 Å². The Hall–Kier alpha value is -5.29. The van der Waals surface area contributed by atoms with Crippen molar-refractivity contribution in [3.8, 4) is 33.8 Å². The molecule has 44 heavy (non-hydrogen) atoms. The first-order valence-electron chi connectivity index (χ1n) is 14.5. The van der Waals surface area contributed by atoms with Crippen molar-refractivity contribution in [2.75, 3.05) is 13.7 Å². The molecule has 2 aromatic carbocycles. The summed E-state index contributed by atoms with van der Waals surface area (Å²) in [5.41, 5.74) is 12.1. The second-order valence-electron chi connectivity index (χ2n) is 10.8. The first-order chi connectivity index (χ1) is 21.4. The fraction of sp³-hybridized carbons (Fsp3) is 0.242. The molecule has 0 spiro atoms. The van der Waals surface area contributed by atoms with Gasteiger partial charge < -0.3 is 30.7 Å². The highest BCUT2D eigenvalue weighted by Gasteiger charge is 2.37. The zero-order valence-electron chi connectivity index (χ0n) is 24.5. The number of carbonyl (C=O) groups is 2. The van der Waals surface area contributed by atoms with Crippen LogP contribution in [0.2, 0.25) is 0 Å². The van der Waals surface area contributed by atoms with Gasteiger partial charge in [0.25, 0.3) is 5.91 Å². The van der Waals surface area contributed by atoms with Gasteiger partial charge in [0, 0.05) is 23.9 Å². The summed E-state index contributed by atoms with van der Waals surface area (Å²) < 4.78 is 4.79. The van der Waals surface area contributed by atoms with E-state index in [1.807, 2.05) is 79.9 Å². The summed E-state index contributed by atoms with van der Waals surface area (Å²) in [5.74, 6) is 1.24. The number of nitrogens with two attached hydrogens (primary N) is 1. The number of alkyl carbamates (subject to hydrolysis) is 1. The Kier molecular flexibility index (Phi) is 8.20. The lowest BCUT2D eigenvalue weighted by Gasteiger charge is -2.28. The van der Waals surface area contributed by atoms with E-state index in [2.05, 4.69) is 25.3 Å². The first-order valence-corrected chi connectivity index (χ1v) is 14.5. The lowest BCUT2D eigenvalue weighted by molar-refractivity contribution is -0.134. The van der Waals surface area contributed by atoms with Crippen molar-refractivity contribution in [2.45, 2.75) is 37.9 Å². The Morgan fingerprint density at radius 3 is 2.30 bits per heavy atom. The average Bonchev–Trinajstić information content (AvgIpc) is 3.85. The predicted molar refractivity (Wildman–Crippen MR) is 166 cm³/mol. The van der Waals surface area contributed by atoms with E-state index in [0.717, 1.165) is 52.4 Å². The molecule has 5 aromatic rings. The maximum absolute atomic E-state index is 13.8. The maximum atomic E-state index is 13.8. The van der Waals surface area contributed by atoms with Crippen LogP contribution in [0.1, 0.15) is 55.1 Å². The highest BCUT2D eigenvalue weighted by molar-refractivity contribution is 5.87. The molecule has 11 heteroatoms. The number of benzene rings is 2. The van der Waals surface area contributed by atoms with Crippen LogP contribution in [-0.4, -0.2) is 55.5 Å². The van der Waals surface area contributed by atoms with Crippen LogP contribution in [0.4, 0.5) is 4.79 Å². The lowest BCUT2D eigenvalue weighted by Crippen LogP contribution is -2.42. The largest absolute Gasteiger partial charge is 0.453 e. The van der Waals surface area contributed by atoms with Gasteiger partial charge in [0.05, 0.1) is 48.7 Å². The van der Waals surface area contributed by atoms with E-state index >= 15 is 0 Å². The number of likely N-dealkylation sites (tertiary alicyclic amines) is 1. The minimum absolute atomic E-state index is 0.154. The van der Waals surface area contributed by atoms with E-state index in [4.69, 9.17) is 15.5 Å². The van der Waals surface area contributed by atoms with Gasteiger partial charge in [0.1, 0.15) is 17.7 Å². The molecule has 6 rings (SSSR count). The van der Waals surface area contributed by atoms with E-state index in [1.165, 1.54) is 7.11 Å². The van der Waals surface area contributed by atoms with Crippen LogP contribution in [0.3, 0.4) is 0 Å². The highest BCUT2D eigenvalue weighted by Crippen LogP contribution is 2.34. The lowest BCUT2D eigenvalue weighted by atomic mass is 10.1. The molecule has 11 nitrogen and oxygen atoms in total. The van der Waals surface area contributed by atoms with E-state index < -0.39 is 12.1 Å². The molecule has 3 aromatic heterocycles. The summed E-state index contributed by atoms with van der Waals surface area (Å²) in [5, 5.41) is 2.70. The molecule has 1 aliphatic rings. The van der Waals surface area contributed by atoms with Crippen molar-refractivity contribution in [3.63, 3.8) is 0 Å². The highest BCUT2D eigenvalue weighted by atomic mass is 16.5. The topological polar surface area (TPSA) is 155 Å². The second-order valence-corrected chi connectivity index (χ2v) is 10.8. The van der Waals surface area contributed by atoms with Crippen molar-refractivity contribution in [1.29, 1.82) is 0 Å². The number of hydrogen-bond donors (Lipinski definition) is 4. The number of aromatic amines is 2. The molecule has 0 unspecified atom stereocenters. The molecule has 0 radical (unpaired) electrons. The Balaban J connectivity index is 1.17. The van der Waals surface area contributed by atoms with Gasteiger partial charge in [-0.1, -0.05) is 54.6 Å². The predicted octanol–water partition coefficient (Wildman–Crippen LogP) is 5.31. The van der Waals surface area contributed by atoms with Crippen molar-refractivity contribution < 1.29 is 14.3 Å². The van der Waals surface area contributed by atoms with Crippen LogP contribution >= 0.6 is 0 Å². The number of nitrogens with zero attached hydrogens (tertiary/aromatic N) is 4. The van der Waals surface area contributed by atoms with Crippen LogP contribution in [0.15, 0.2) is 85.3 Å². The molecule has 0 bridgehead atoms. The van der Waals surface area contributed by atoms with Gasteiger partial charge in [0.2, 0.25) is 0 Å². The minimum atomic E-state index is -0.865. The molecule has 0 saturated carbocycles. The number of imidazole rings is 2. The summed E-state index contributed by atoms with van der Waals surface area (Å²) in [6.07, 6.45) is 6.30. The molecule has 1 fully saturated rings. The minimum Gasteiger partial charge on any atom is -0.453 e. The molecular weight excluding hydrogens is 556 g/mol. The number of ether oxygens (including phenoxy) is 1. The molecule has 5 N–H and O–H groups in total. The van der Waals surface area contributed by atoms with Crippen LogP contribution in [0.25, 0.3) is 33.8 Å². The number of nitrogens with one attached hydrogen (secondary N) is 3. The zero-order valence-corrected chi connectivity index (χ0v) is 24.5. The second kappa shape index (κ2) is 12.5. The van der Waals surface area contributed by atoms with Gasteiger partial charge in [-0.25, -0.2) is 14.8 Å². The van der Waals surface area contributed by atoms with Gasteiger partial charge >= 0.3 is 6.09 Å². The van der Waals surface area contributed by atoms with E-state index in [0.29, 0.717) is 17.9 Å². The molecule has 3 atom stereocenters. The fourth-order valence-corrected chi connectivity index (χ4v) is 5.50. The maximum Gasteiger partial charge on any atom is 0.407 e. The molecule has 2 amide bonds. The number of methoxy groups -OCH3 is 1. The Morgan fingerprint density at radius 1 is 0.909 bits per heavy atom. The number of H-pyrrole nitrogens is 2. The summed E-state index contributed by atoms with van der Waals surface area (Å²) in [6, 6.07) is 20.0. The van der Waals surface area contributed by atoms with Crippen molar-refractivity contribution in [1.82, 2.24) is 35.1 Å². The third-order valence-corrected chi connectivity index (χ3v) is 7.87. The van der Waals surface area contributed by atoms with Crippen LogP contribution in [0.5, 0.6) is 0 Å². The fourth-order valence-electron chi connectivity index (χ4n) is 5.50. The smallest absolute Gasteiger partial charge is 0.407 e. The number of pyridine rings is 1. The van der Waals surface area contributed by atoms with Crippen LogP contribution in [-0.2, 0) is 9.53 Å². The third-order valence-electron chi connectivity index (χ3n) is 7.87. The number of aromatic nitrogens is 5. The van der Waals surface area contributed by atoms with Gasteiger partial charge in [-0.3, -0.25) is 9.78 Å². The molecule has 0 aliphatic carbocycles. The van der Waals surface area contributed by atoms with Crippen molar-refractivity contribution in [3.05, 3.63) is 103 Å². The first kappa shape index (κ1) is 28.8. The SMILES string of the molecule is COC(=O)N[C@@H](C(=O)N1CCC[C@H]1c1ncc(-c2ccc(-c3ccc(-c4cnc([C@H](C)N)[nH]4)cc3)nc2)[nH]1)c1ccccc1. The molecule has 1 saturated heterocycles. The molecule has 1 aliphatic heterocycles. The third kappa shape index (κ3) is 5.95. The molecular formula is C33H34N8O3. The number of hydrogen-bond acceptors (Lipinski definition) is 7. The van der Waals surface area contributed by atoms with Gasteiger partial charge in [-0.05, 0) is 43.0 Å². The molecule has 224 valence electrons. The van der Waals surface area contributed by atoms with Crippen LogP contribution in [0, 0.1) is 0 Å². The number of carbonyl (C=O) groups excluding carboxylic acids is 2. The summed E-state index contributed by atoms with van der Waals surface area (Å²) in [7, 11) is 1.28. The van der Waals surface area contributed by atoms with Crippen molar-refractivity contribution in [2.24, 2.45) is 5.73 Å². The van der Waals surface area contributed by atoms with Crippen LogP contribution < -0.4 is 11.1 Å². The average molecular weight is 591 g/mol. The van der Waals surface area contributed by atoms with E-state index in [9.17, 15) is 9.59 Å². The number of amides is 2.